The van der Waals surface area contributed by atoms with Crippen LogP contribution in [0.25, 0.3) is 0 Å². The molecule has 18 heteroatoms. The van der Waals surface area contributed by atoms with E-state index in [1.54, 1.807) is 24.3 Å². The molecular formula is C36H37Br4ClN4O9. The van der Waals surface area contributed by atoms with E-state index in [1.807, 2.05) is 37.3 Å². The van der Waals surface area contributed by atoms with Gasteiger partial charge in [-0.3, -0.25) is 34.6 Å². The van der Waals surface area contributed by atoms with E-state index < -0.39 is 12.1 Å². The quantitative estimate of drug-likeness (QED) is 0.157. The van der Waals surface area contributed by atoms with Crippen LogP contribution in [-0.4, -0.2) is 72.7 Å². The summed E-state index contributed by atoms with van der Waals surface area (Å²) in [6.07, 6.45) is 1.51. The first-order valence-corrected chi connectivity index (χ1v) is 19.4. The lowest BCUT2D eigenvalue weighted by molar-refractivity contribution is -0.137. The summed E-state index contributed by atoms with van der Waals surface area (Å²) in [7, 11) is 2.75. The number of halogens is 5. The van der Waals surface area contributed by atoms with Gasteiger partial charge in [-0.1, -0.05) is 81.9 Å². The van der Waals surface area contributed by atoms with Gasteiger partial charge in [0, 0.05) is 43.7 Å². The minimum atomic E-state index is -0.551. The number of carbonyl (C=O) groups excluding carboxylic acids is 7. The predicted octanol–water partition coefficient (Wildman–Crippen LogP) is 6.06. The van der Waals surface area contributed by atoms with Crippen LogP contribution in [-0.2, 0) is 40.5 Å². The summed E-state index contributed by atoms with van der Waals surface area (Å²) >= 11 is 13.4. The normalized spacial score (nSPS) is 17.0. The molecule has 3 aliphatic rings. The van der Waals surface area contributed by atoms with Gasteiger partial charge in [0.15, 0.2) is 0 Å². The van der Waals surface area contributed by atoms with Crippen molar-refractivity contribution in [2.45, 2.75) is 56.6 Å². The Hall–Kier alpha value is -3.48. The first-order valence-electron chi connectivity index (χ1n) is 15.9. The number of piperidine rings is 2. The van der Waals surface area contributed by atoms with E-state index in [9.17, 15) is 33.6 Å². The third-order valence-corrected chi connectivity index (χ3v) is 11.0. The van der Waals surface area contributed by atoms with Gasteiger partial charge in [-0.25, -0.2) is 9.59 Å². The molecular weight excluding hydrogens is 987 g/mol. The van der Waals surface area contributed by atoms with Crippen molar-refractivity contribution in [2.24, 2.45) is 5.73 Å². The Morgan fingerprint density at radius 2 is 1.30 bits per heavy atom. The second-order valence-corrected chi connectivity index (χ2v) is 14.6. The number of methoxy groups -OCH3 is 2. The molecule has 3 aromatic rings. The van der Waals surface area contributed by atoms with Gasteiger partial charge in [0.2, 0.25) is 23.6 Å². The van der Waals surface area contributed by atoms with E-state index in [2.05, 4.69) is 83.8 Å². The molecule has 6 rings (SSSR count). The van der Waals surface area contributed by atoms with Crippen LogP contribution >= 0.6 is 76.1 Å². The van der Waals surface area contributed by atoms with Gasteiger partial charge in [-0.05, 0) is 72.9 Å². The molecule has 2 saturated heterocycles. The average Bonchev–Trinajstić information content (AvgIpc) is 3.48. The highest BCUT2D eigenvalue weighted by Gasteiger charge is 2.39. The molecule has 2 atom stereocenters. The van der Waals surface area contributed by atoms with Crippen LogP contribution in [0.4, 0.5) is 0 Å². The number of nitrogens with one attached hydrogen (secondary N) is 2. The Morgan fingerprint density at radius 3 is 1.83 bits per heavy atom. The molecule has 3 aromatic carbocycles. The van der Waals surface area contributed by atoms with Crippen LogP contribution in [0.5, 0.6) is 0 Å². The highest BCUT2D eigenvalue weighted by Crippen LogP contribution is 2.32. The van der Waals surface area contributed by atoms with E-state index >= 15 is 0 Å². The molecule has 3 heterocycles. The molecule has 54 heavy (non-hydrogen) atoms. The number of hydrogen-bond donors (Lipinski definition) is 3. The van der Waals surface area contributed by atoms with Crippen molar-refractivity contribution in [3.8, 4) is 0 Å². The monoisotopic (exact) mass is 1020 g/mol. The van der Waals surface area contributed by atoms with Crippen molar-refractivity contribution in [1.29, 1.82) is 0 Å². The molecule has 0 aromatic heterocycles. The lowest BCUT2D eigenvalue weighted by atomic mass is 10.0. The van der Waals surface area contributed by atoms with Crippen molar-refractivity contribution >= 4 is 118 Å². The summed E-state index contributed by atoms with van der Waals surface area (Å²) in [5, 5.41) is 5.03. The molecule has 3 aliphatic heterocycles. The van der Waals surface area contributed by atoms with Gasteiger partial charge in [0.05, 0.1) is 31.4 Å². The Morgan fingerprint density at radius 1 is 0.778 bits per heavy atom. The predicted molar refractivity (Wildman–Crippen MR) is 216 cm³/mol. The number of fused-ring (bicyclic) bond motifs is 1. The van der Waals surface area contributed by atoms with Gasteiger partial charge in [-0.2, -0.15) is 0 Å². The van der Waals surface area contributed by atoms with Crippen molar-refractivity contribution in [3.05, 3.63) is 101 Å². The van der Waals surface area contributed by atoms with Crippen molar-refractivity contribution in [2.75, 3.05) is 14.2 Å². The maximum Gasteiger partial charge on any atom is 0.338 e. The van der Waals surface area contributed by atoms with Gasteiger partial charge < -0.3 is 20.1 Å². The SMILES string of the molecule is COC(=O)c1cccc(Br)c1C.COC(=O)c1cccc(Br)c1CBr.Cl.NC1CCC(=O)NC1=O.O=C1CCC(N2Cc3c(Br)cccc3C2=O)C(=O)N1. The first kappa shape index (κ1) is 46.7. The second kappa shape index (κ2) is 22.2. The maximum absolute atomic E-state index is 12.3. The number of imide groups is 2. The van der Waals surface area contributed by atoms with Crippen LogP contribution in [0, 0.1) is 6.92 Å². The molecule has 13 nitrogen and oxygen atoms in total. The number of ether oxygens (including phenoxy) is 2. The number of benzene rings is 3. The molecule has 0 radical (unpaired) electrons. The highest BCUT2D eigenvalue weighted by molar-refractivity contribution is 9.11. The van der Waals surface area contributed by atoms with Crippen LogP contribution in [0.1, 0.15) is 73.4 Å². The highest BCUT2D eigenvalue weighted by atomic mass is 79.9. The average molecular weight is 1020 g/mol. The second-order valence-electron chi connectivity index (χ2n) is 11.5. The van der Waals surface area contributed by atoms with E-state index in [0.717, 1.165) is 30.1 Å². The molecule has 5 amide bonds. The third-order valence-electron chi connectivity index (χ3n) is 8.14. The summed E-state index contributed by atoms with van der Waals surface area (Å²) < 4.78 is 12.0. The molecule has 0 saturated carbocycles. The van der Waals surface area contributed by atoms with E-state index in [4.69, 9.17) is 5.73 Å². The minimum Gasteiger partial charge on any atom is -0.465 e. The van der Waals surface area contributed by atoms with Crippen LogP contribution in [0.2, 0.25) is 0 Å². The Balaban J connectivity index is 0.000000257. The molecule has 4 N–H and O–H groups in total. The van der Waals surface area contributed by atoms with Gasteiger partial charge in [-0.15, -0.1) is 12.4 Å². The van der Waals surface area contributed by atoms with Crippen LogP contribution < -0.4 is 16.4 Å². The lowest BCUT2D eigenvalue weighted by Gasteiger charge is -2.29. The number of esters is 2. The molecule has 2 fully saturated rings. The minimum absolute atomic E-state index is 0. The fourth-order valence-electron chi connectivity index (χ4n) is 5.19. The number of carbonyl (C=O) groups is 7. The molecule has 0 bridgehead atoms. The zero-order chi connectivity index (χ0) is 39.4. The largest absolute Gasteiger partial charge is 0.465 e. The van der Waals surface area contributed by atoms with E-state index in [0.29, 0.717) is 47.8 Å². The Kier molecular flexibility index (Phi) is 19.2. The van der Waals surface area contributed by atoms with Crippen LogP contribution in [0.15, 0.2) is 68.0 Å². The number of nitrogens with two attached hydrogens (primary N) is 1. The zero-order valence-electron chi connectivity index (χ0n) is 29.2. The van der Waals surface area contributed by atoms with E-state index in [1.165, 1.54) is 19.1 Å². The van der Waals surface area contributed by atoms with Crippen LogP contribution in [0.3, 0.4) is 0 Å². The number of nitrogens with zero attached hydrogens (tertiary/aromatic N) is 1. The summed E-state index contributed by atoms with van der Waals surface area (Å²) in [6.45, 7) is 2.28. The molecule has 2 unspecified atom stereocenters. The smallest absolute Gasteiger partial charge is 0.338 e. The van der Waals surface area contributed by atoms with Gasteiger partial charge >= 0.3 is 11.9 Å². The number of amides is 5. The summed E-state index contributed by atoms with van der Waals surface area (Å²) in [5.74, 6) is -1.98. The first-order chi connectivity index (χ1) is 25.1. The standard InChI is InChI=1S/C13H11BrN2O3.C9H8Br2O2.C9H9BrO2.C5H8N2O2.ClH/c14-9-3-1-2-7-8(9)6-16(13(7)19)10-4-5-11(17)15-12(10)18;1-13-9(12)6-3-2-4-8(11)7(6)5-10;1-6-7(9(11)12-2)4-3-5-8(6)10;6-3-1-2-4(8)7-5(3)9;/h1-3,10H,4-6H2,(H,15,17,18);2-4H,5H2,1H3;3-5H,1-2H3;3H,1-2,6H2,(H,7,8,9);1H. The summed E-state index contributed by atoms with van der Waals surface area (Å²) in [4.78, 5) is 80.2. The third kappa shape index (κ3) is 12.3. The maximum atomic E-state index is 12.3. The van der Waals surface area contributed by atoms with Gasteiger partial charge in [0.25, 0.3) is 5.91 Å². The number of alkyl halides is 1. The fourth-order valence-corrected chi connectivity index (χ4v) is 7.54. The van der Waals surface area contributed by atoms with Crippen molar-refractivity contribution < 1.29 is 43.0 Å². The summed E-state index contributed by atoms with van der Waals surface area (Å²) in [5.41, 5.74) is 9.81. The molecule has 0 aliphatic carbocycles. The van der Waals surface area contributed by atoms with Gasteiger partial charge in [0.1, 0.15) is 6.04 Å². The fraction of sp³-hybridized carbons (Fsp3) is 0.306. The number of rotatable bonds is 4. The van der Waals surface area contributed by atoms with Crippen molar-refractivity contribution in [1.82, 2.24) is 15.5 Å². The van der Waals surface area contributed by atoms with Crippen molar-refractivity contribution in [3.63, 3.8) is 0 Å². The summed E-state index contributed by atoms with van der Waals surface area (Å²) in [6, 6.07) is 15.3. The lowest BCUT2D eigenvalue weighted by Crippen LogP contribution is -2.52. The van der Waals surface area contributed by atoms with E-state index in [-0.39, 0.29) is 60.3 Å². The Labute approximate surface area is 351 Å². The topological polar surface area (TPSA) is 191 Å². The Bertz CT molecular complexity index is 1910. The zero-order valence-corrected chi connectivity index (χ0v) is 36.4. The number of hydrogen-bond acceptors (Lipinski definition) is 10. The molecule has 0 spiro atoms. The molecule has 290 valence electrons.